The smallest absolute Gasteiger partial charge is 0.339 e. The highest BCUT2D eigenvalue weighted by Gasteiger charge is 2.15. The molecule has 1 aromatic heterocycles. The number of ether oxygens (including phenoxy) is 1. The van der Waals surface area contributed by atoms with E-state index < -0.39 is 0 Å². The van der Waals surface area contributed by atoms with Crippen molar-refractivity contribution in [1.29, 1.82) is 0 Å². The first-order valence-corrected chi connectivity index (χ1v) is 6.21. The number of carbonyl (C=O) groups is 1. The third kappa shape index (κ3) is 3.51. The quantitative estimate of drug-likeness (QED) is 0.638. The monoisotopic (exact) mass is 250 g/mol. The van der Waals surface area contributed by atoms with Gasteiger partial charge in [0.05, 0.1) is 31.0 Å². The maximum atomic E-state index is 11.2. The van der Waals surface area contributed by atoms with E-state index in [4.69, 9.17) is 4.84 Å². The molecule has 1 aromatic rings. The van der Waals surface area contributed by atoms with Crippen LogP contribution in [0.5, 0.6) is 0 Å². The first-order chi connectivity index (χ1) is 8.79. The molecule has 5 nitrogen and oxygen atoms in total. The third-order valence-corrected chi connectivity index (χ3v) is 3.05. The number of pyridine rings is 1. The summed E-state index contributed by atoms with van der Waals surface area (Å²) in [6.45, 7) is 0.540. The molecule has 1 N–H and O–H groups in total. The Kier molecular flexibility index (Phi) is 4.66. The van der Waals surface area contributed by atoms with E-state index >= 15 is 0 Å². The summed E-state index contributed by atoms with van der Waals surface area (Å²) in [5.41, 5.74) is 4.22. The number of carbonyl (C=O) groups excluding carboxylic acids is 1. The molecule has 2 rings (SSSR count). The van der Waals surface area contributed by atoms with Crippen molar-refractivity contribution in [1.82, 2.24) is 10.5 Å². The zero-order valence-corrected chi connectivity index (χ0v) is 10.5. The van der Waals surface area contributed by atoms with Crippen molar-refractivity contribution in [2.75, 3.05) is 7.11 Å². The van der Waals surface area contributed by atoms with Gasteiger partial charge >= 0.3 is 5.97 Å². The van der Waals surface area contributed by atoms with E-state index in [9.17, 15) is 4.79 Å². The fourth-order valence-electron chi connectivity index (χ4n) is 2.01. The molecule has 0 saturated heterocycles. The summed E-state index contributed by atoms with van der Waals surface area (Å²) in [4.78, 5) is 20.9. The molecular weight excluding hydrogens is 232 g/mol. The van der Waals surface area contributed by atoms with E-state index in [0.29, 0.717) is 18.2 Å². The van der Waals surface area contributed by atoms with Crippen molar-refractivity contribution >= 4 is 5.97 Å². The average Bonchev–Trinajstić information content (AvgIpc) is 2.92. The molecule has 1 fully saturated rings. The minimum absolute atomic E-state index is 0.333. The summed E-state index contributed by atoms with van der Waals surface area (Å²) in [7, 11) is 1.35. The molecule has 0 amide bonds. The number of nitrogens with zero attached hydrogens (tertiary/aromatic N) is 1. The van der Waals surface area contributed by atoms with Crippen LogP contribution in [0.25, 0.3) is 0 Å². The van der Waals surface area contributed by atoms with Crippen LogP contribution in [-0.4, -0.2) is 24.2 Å². The molecule has 18 heavy (non-hydrogen) atoms. The van der Waals surface area contributed by atoms with E-state index in [2.05, 4.69) is 15.2 Å². The van der Waals surface area contributed by atoms with Crippen LogP contribution in [-0.2, 0) is 16.1 Å². The number of hydrogen-bond acceptors (Lipinski definition) is 5. The third-order valence-electron chi connectivity index (χ3n) is 3.05. The van der Waals surface area contributed by atoms with Crippen molar-refractivity contribution in [3.63, 3.8) is 0 Å². The fraction of sp³-hybridized carbons (Fsp3) is 0.538. The van der Waals surface area contributed by atoms with Crippen molar-refractivity contribution in [2.45, 2.75) is 38.3 Å². The highest BCUT2D eigenvalue weighted by atomic mass is 16.7. The van der Waals surface area contributed by atoms with E-state index in [1.165, 1.54) is 26.1 Å². The summed E-state index contributed by atoms with van der Waals surface area (Å²) in [6, 6.07) is 3.49. The van der Waals surface area contributed by atoms with Crippen molar-refractivity contribution in [2.24, 2.45) is 0 Å². The molecule has 0 aliphatic heterocycles. The van der Waals surface area contributed by atoms with E-state index in [1.54, 1.807) is 12.1 Å². The minimum atomic E-state index is -0.371. The number of rotatable bonds is 5. The van der Waals surface area contributed by atoms with Gasteiger partial charge in [-0.3, -0.25) is 9.82 Å². The lowest BCUT2D eigenvalue weighted by Crippen LogP contribution is -2.21. The van der Waals surface area contributed by atoms with Gasteiger partial charge in [-0.15, -0.1) is 0 Å². The van der Waals surface area contributed by atoms with Gasteiger partial charge in [-0.1, -0.05) is 12.8 Å². The number of aromatic nitrogens is 1. The summed E-state index contributed by atoms with van der Waals surface area (Å²) < 4.78 is 4.61. The van der Waals surface area contributed by atoms with Gasteiger partial charge in [-0.25, -0.2) is 4.79 Å². The molecule has 1 aliphatic carbocycles. The molecular formula is C13H18N2O3. The lowest BCUT2D eigenvalue weighted by atomic mass is 10.2. The lowest BCUT2D eigenvalue weighted by Gasteiger charge is -2.11. The van der Waals surface area contributed by atoms with Gasteiger partial charge < -0.3 is 4.74 Å². The van der Waals surface area contributed by atoms with Crippen LogP contribution < -0.4 is 5.48 Å². The van der Waals surface area contributed by atoms with Crippen molar-refractivity contribution < 1.29 is 14.4 Å². The first kappa shape index (κ1) is 13.0. The highest BCUT2D eigenvalue weighted by Crippen LogP contribution is 2.19. The number of hydroxylamine groups is 1. The molecule has 0 atom stereocenters. The van der Waals surface area contributed by atoms with E-state index in [-0.39, 0.29) is 5.97 Å². The second kappa shape index (κ2) is 6.47. The highest BCUT2D eigenvalue weighted by molar-refractivity contribution is 5.88. The van der Waals surface area contributed by atoms with Crippen LogP contribution in [0.1, 0.15) is 41.7 Å². The Balaban J connectivity index is 1.77. The van der Waals surface area contributed by atoms with Gasteiger partial charge in [0.25, 0.3) is 0 Å². The molecule has 98 valence electrons. The fourth-order valence-corrected chi connectivity index (χ4v) is 2.01. The van der Waals surface area contributed by atoms with Gasteiger partial charge in [0.15, 0.2) is 0 Å². The zero-order valence-electron chi connectivity index (χ0n) is 10.5. The Morgan fingerprint density at radius 2 is 2.22 bits per heavy atom. The number of nitrogens with one attached hydrogen (secondary N) is 1. The summed E-state index contributed by atoms with van der Waals surface area (Å²) in [5.74, 6) is -0.371. The molecule has 0 radical (unpaired) electrons. The summed E-state index contributed by atoms with van der Waals surface area (Å²) in [5, 5.41) is 0. The Labute approximate surface area is 106 Å². The topological polar surface area (TPSA) is 60.5 Å². The van der Waals surface area contributed by atoms with Crippen LogP contribution in [0.4, 0.5) is 0 Å². The van der Waals surface area contributed by atoms with E-state index in [0.717, 1.165) is 18.5 Å². The second-order valence-electron chi connectivity index (χ2n) is 4.38. The number of methoxy groups -OCH3 is 1. The molecule has 5 heteroatoms. The minimum Gasteiger partial charge on any atom is -0.465 e. The maximum absolute atomic E-state index is 11.2. The predicted octanol–water partition coefficient (Wildman–Crippen LogP) is 1.83. The van der Waals surface area contributed by atoms with Crippen LogP contribution >= 0.6 is 0 Å². The molecule has 1 saturated carbocycles. The second-order valence-corrected chi connectivity index (χ2v) is 4.38. The number of esters is 1. The summed E-state index contributed by atoms with van der Waals surface area (Å²) >= 11 is 0. The molecule has 1 heterocycles. The molecule has 0 bridgehead atoms. The van der Waals surface area contributed by atoms with Gasteiger partial charge in [0, 0.05) is 6.20 Å². The molecule has 0 spiro atoms. The molecule has 0 aromatic carbocycles. The zero-order chi connectivity index (χ0) is 12.8. The Bertz CT molecular complexity index is 386. The Morgan fingerprint density at radius 1 is 1.44 bits per heavy atom. The average molecular weight is 250 g/mol. The molecule has 0 unspecified atom stereocenters. The van der Waals surface area contributed by atoms with Crippen LogP contribution in [0.2, 0.25) is 0 Å². The predicted molar refractivity (Wildman–Crippen MR) is 65.8 cm³/mol. The van der Waals surface area contributed by atoms with Crippen LogP contribution in [0, 0.1) is 0 Å². The summed E-state index contributed by atoms with van der Waals surface area (Å²) in [6.07, 6.45) is 6.60. The number of hydrogen-bond donors (Lipinski definition) is 1. The van der Waals surface area contributed by atoms with E-state index in [1.807, 2.05) is 0 Å². The SMILES string of the molecule is COC(=O)c1ccc(CNOC2CCCC2)nc1. The van der Waals surface area contributed by atoms with Gasteiger partial charge in [0.2, 0.25) is 0 Å². The lowest BCUT2D eigenvalue weighted by molar-refractivity contribution is -0.0248. The van der Waals surface area contributed by atoms with Crippen molar-refractivity contribution in [3.05, 3.63) is 29.6 Å². The molecule has 1 aliphatic rings. The first-order valence-electron chi connectivity index (χ1n) is 6.21. The normalized spacial score (nSPS) is 15.8. The van der Waals surface area contributed by atoms with Crippen LogP contribution in [0.15, 0.2) is 18.3 Å². The Morgan fingerprint density at radius 3 is 2.83 bits per heavy atom. The largest absolute Gasteiger partial charge is 0.465 e. The van der Waals surface area contributed by atoms with Crippen LogP contribution in [0.3, 0.4) is 0 Å². The van der Waals surface area contributed by atoms with Gasteiger partial charge in [0.1, 0.15) is 0 Å². The standard InChI is InChI=1S/C13H18N2O3/c1-17-13(16)10-6-7-11(14-8-10)9-15-18-12-4-2-3-5-12/h6-8,12,15H,2-5,9H2,1H3. The van der Waals surface area contributed by atoms with Gasteiger partial charge in [-0.05, 0) is 25.0 Å². The van der Waals surface area contributed by atoms with Gasteiger partial charge in [-0.2, -0.15) is 5.48 Å². The maximum Gasteiger partial charge on any atom is 0.339 e. The Hall–Kier alpha value is -1.46. The van der Waals surface area contributed by atoms with Crippen molar-refractivity contribution in [3.8, 4) is 0 Å².